The fourth-order valence-electron chi connectivity index (χ4n) is 2.08. The summed E-state index contributed by atoms with van der Waals surface area (Å²) in [6.07, 6.45) is 10.8. The van der Waals surface area contributed by atoms with Crippen LogP contribution in [0.2, 0.25) is 0 Å². The third kappa shape index (κ3) is 5.44. The second-order valence-electron chi connectivity index (χ2n) is 4.67. The average Bonchev–Trinajstić information content (AvgIpc) is 2.80. The van der Waals surface area contributed by atoms with Gasteiger partial charge in [-0.2, -0.15) is 11.8 Å². The Kier molecular flexibility index (Phi) is 8.18. The zero-order chi connectivity index (χ0) is 13.2. The van der Waals surface area contributed by atoms with Crippen LogP contribution in [-0.4, -0.2) is 34.1 Å². The number of imidazole rings is 1. The van der Waals surface area contributed by atoms with Crippen molar-refractivity contribution >= 4 is 11.8 Å². The Hall–Kier alpha value is -0.480. The highest BCUT2D eigenvalue weighted by Crippen LogP contribution is 2.08. The SMILES string of the molecule is CCCNC(CCSC)Cc1nccn1CCC. The van der Waals surface area contributed by atoms with Gasteiger partial charge in [-0.3, -0.25) is 0 Å². The van der Waals surface area contributed by atoms with Crippen molar-refractivity contribution in [2.24, 2.45) is 0 Å². The highest BCUT2D eigenvalue weighted by atomic mass is 32.2. The van der Waals surface area contributed by atoms with Crippen LogP contribution >= 0.6 is 11.8 Å². The van der Waals surface area contributed by atoms with Gasteiger partial charge in [0.25, 0.3) is 0 Å². The molecule has 1 N–H and O–H groups in total. The topological polar surface area (TPSA) is 29.9 Å². The molecule has 1 rings (SSSR count). The molecule has 4 heteroatoms. The minimum absolute atomic E-state index is 0.565. The van der Waals surface area contributed by atoms with E-state index in [2.05, 4.69) is 41.2 Å². The van der Waals surface area contributed by atoms with Crippen molar-refractivity contribution in [3.63, 3.8) is 0 Å². The van der Waals surface area contributed by atoms with Crippen LogP contribution in [0.5, 0.6) is 0 Å². The molecular formula is C14H27N3S. The summed E-state index contributed by atoms with van der Waals surface area (Å²) in [6.45, 7) is 6.62. The van der Waals surface area contributed by atoms with E-state index < -0.39 is 0 Å². The van der Waals surface area contributed by atoms with Gasteiger partial charge in [0.05, 0.1) is 0 Å². The van der Waals surface area contributed by atoms with Crippen molar-refractivity contribution in [1.82, 2.24) is 14.9 Å². The number of rotatable bonds is 10. The average molecular weight is 269 g/mol. The van der Waals surface area contributed by atoms with E-state index in [9.17, 15) is 0 Å². The number of hydrogen-bond donors (Lipinski definition) is 1. The lowest BCUT2D eigenvalue weighted by molar-refractivity contribution is 0.476. The highest BCUT2D eigenvalue weighted by Gasteiger charge is 2.12. The van der Waals surface area contributed by atoms with Gasteiger partial charge in [0.15, 0.2) is 0 Å². The van der Waals surface area contributed by atoms with Crippen LogP contribution < -0.4 is 5.32 Å². The molecule has 0 spiro atoms. The van der Waals surface area contributed by atoms with E-state index in [0.29, 0.717) is 6.04 Å². The summed E-state index contributed by atoms with van der Waals surface area (Å²) in [4.78, 5) is 4.51. The lowest BCUT2D eigenvalue weighted by Gasteiger charge is -2.18. The molecule has 0 aliphatic heterocycles. The molecule has 0 fully saturated rings. The normalized spacial score (nSPS) is 12.8. The zero-order valence-electron chi connectivity index (χ0n) is 12.0. The van der Waals surface area contributed by atoms with Crippen molar-refractivity contribution < 1.29 is 0 Å². The van der Waals surface area contributed by atoms with Gasteiger partial charge >= 0.3 is 0 Å². The van der Waals surface area contributed by atoms with Gasteiger partial charge in [-0.25, -0.2) is 4.98 Å². The smallest absolute Gasteiger partial charge is 0.110 e. The molecule has 0 aliphatic carbocycles. The lowest BCUT2D eigenvalue weighted by Crippen LogP contribution is -2.33. The molecule has 0 saturated heterocycles. The Morgan fingerprint density at radius 1 is 1.39 bits per heavy atom. The maximum absolute atomic E-state index is 4.51. The Balaban J connectivity index is 2.53. The molecule has 104 valence electrons. The van der Waals surface area contributed by atoms with Gasteiger partial charge < -0.3 is 9.88 Å². The number of thioether (sulfide) groups is 1. The first kappa shape index (κ1) is 15.6. The Bertz CT molecular complexity index is 304. The van der Waals surface area contributed by atoms with Crippen LogP contribution in [0.25, 0.3) is 0 Å². The second-order valence-corrected chi connectivity index (χ2v) is 5.66. The van der Waals surface area contributed by atoms with Crippen molar-refractivity contribution in [3.05, 3.63) is 18.2 Å². The lowest BCUT2D eigenvalue weighted by atomic mass is 10.1. The molecule has 0 aromatic carbocycles. The van der Waals surface area contributed by atoms with Crippen LogP contribution in [0, 0.1) is 0 Å². The van der Waals surface area contributed by atoms with E-state index in [1.54, 1.807) is 0 Å². The number of nitrogens with one attached hydrogen (secondary N) is 1. The number of aryl methyl sites for hydroxylation is 1. The third-order valence-corrected chi connectivity index (χ3v) is 3.69. The first-order valence-corrected chi connectivity index (χ1v) is 8.43. The summed E-state index contributed by atoms with van der Waals surface area (Å²) < 4.78 is 2.29. The third-order valence-electron chi connectivity index (χ3n) is 3.05. The molecule has 0 radical (unpaired) electrons. The van der Waals surface area contributed by atoms with Gasteiger partial charge in [0.2, 0.25) is 0 Å². The van der Waals surface area contributed by atoms with Crippen molar-refractivity contribution in [2.75, 3.05) is 18.6 Å². The van der Waals surface area contributed by atoms with E-state index in [0.717, 1.165) is 19.5 Å². The maximum Gasteiger partial charge on any atom is 0.110 e. The summed E-state index contributed by atoms with van der Waals surface area (Å²) in [5, 5.41) is 3.65. The van der Waals surface area contributed by atoms with Crippen molar-refractivity contribution in [1.29, 1.82) is 0 Å². The predicted octanol–water partition coefficient (Wildman–Crippen LogP) is 2.96. The summed E-state index contributed by atoms with van der Waals surface area (Å²) in [6, 6.07) is 0.565. The molecule has 0 bridgehead atoms. The van der Waals surface area contributed by atoms with E-state index in [-0.39, 0.29) is 0 Å². The largest absolute Gasteiger partial charge is 0.335 e. The van der Waals surface area contributed by atoms with Crippen LogP contribution in [0.3, 0.4) is 0 Å². The second kappa shape index (κ2) is 9.45. The summed E-state index contributed by atoms with van der Waals surface area (Å²) in [5.41, 5.74) is 0. The standard InChI is InChI=1S/C14H27N3S/c1-4-7-15-13(6-11-18-3)12-14-16-8-10-17(14)9-5-2/h8,10,13,15H,4-7,9,11-12H2,1-3H3. The summed E-state index contributed by atoms with van der Waals surface area (Å²) >= 11 is 1.92. The van der Waals surface area contributed by atoms with Gasteiger partial charge in [-0.15, -0.1) is 0 Å². The van der Waals surface area contributed by atoms with E-state index >= 15 is 0 Å². The molecule has 1 heterocycles. The molecule has 0 saturated carbocycles. The van der Waals surface area contributed by atoms with Crippen LogP contribution in [0.4, 0.5) is 0 Å². The van der Waals surface area contributed by atoms with E-state index in [4.69, 9.17) is 0 Å². The van der Waals surface area contributed by atoms with Crippen LogP contribution in [-0.2, 0) is 13.0 Å². The van der Waals surface area contributed by atoms with Crippen molar-refractivity contribution in [2.45, 2.75) is 52.1 Å². The molecule has 3 nitrogen and oxygen atoms in total. The summed E-state index contributed by atoms with van der Waals surface area (Å²) in [7, 11) is 0. The fraction of sp³-hybridized carbons (Fsp3) is 0.786. The first-order chi connectivity index (χ1) is 8.81. The maximum atomic E-state index is 4.51. The van der Waals surface area contributed by atoms with Gasteiger partial charge in [0, 0.05) is 31.4 Å². The molecule has 1 aromatic rings. The zero-order valence-corrected chi connectivity index (χ0v) is 12.8. The first-order valence-electron chi connectivity index (χ1n) is 7.04. The molecule has 1 atom stereocenters. The number of nitrogens with zero attached hydrogens (tertiary/aromatic N) is 2. The Morgan fingerprint density at radius 2 is 2.22 bits per heavy atom. The van der Waals surface area contributed by atoms with Crippen LogP contribution in [0.1, 0.15) is 38.9 Å². The Labute approximate surface area is 116 Å². The fourth-order valence-corrected chi connectivity index (χ4v) is 2.60. The minimum atomic E-state index is 0.565. The Morgan fingerprint density at radius 3 is 2.89 bits per heavy atom. The van der Waals surface area contributed by atoms with Gasteiger partial charge in [-0.1, -0.05) is 13.8 Å². The van der Waals surface area contributed by atoms with E-state index in [1.165, 1.54) is 30.8 Å². The molecular weight excluding hydrogens is 242 g/mol. The molecule has 0 aliphatic rings. The van der Waals surface area contributed by atoms with Crippen LogP contribution in [0.15, 0.2) is 12.4 Å². The quantitative estimate of drug-likeness (QED) is 0.708. The minimum Gasteiger partial charge on any atom is -0.335 e. The van der Waals surface area contributed by atoms with E-state index in [1.807, 2.05) is 18.0 Å². The number of hydrogen-bond acceptors (Lipinski definition) is 3. The van der Waals surface area contributed by atoms with Gasteiger partial charge in [0.1, 0.15) is 5.82 Å². The van der Waals surface area contributed by atoms with Crippen molar-refractivity contribution in [3.8, 4) is 0 Å². The van der Waals surface area contributed by atoms with Gasteiger partial charge in [-0.05, 0) is 37.8 Å². The molecule has 0 amide bonds. The monoisotopic (exact) mass is 269 g/mol. The summed E-state index contributed by atoms with van der Waals surface area (Å²) in [5.74, 6) is 2.45. The highest BCUT2D eigenvalue weighted by molar-refractivity contribution is 7.98. The molecule has 1 aromatic heterocycles. The predicted molar refractivity (Wildman–Crippen MR) is 81.3 cm³/mol. The number of aromatic nitrogens is 2. The molecule has 18 heavy (non-hydrogen) atoms. The molecule has 1 unspecified atom stereocenters.